The van der Waals surface area contributed by atoms with Crippen LogP contribution in [0.3, 0.4) is 0 Å². The molecular weight excluding hydrogens is 208 g/mol. The SMILES string of the molecule is CC(NC1(CO)CCOCC1)C(=O)N(C)C. The van der Waals surface area contributed by atoms with Crippen molar-refractivity contribution in [2.45, 2.75) is 31.3 Å². The van der Waals surface area contributed by atoms with Crippen molar-refractivity contribution in [3.63, 3.8) is 0 Å². The number of rotatable bonds is 4. The predicted octanol–water partition coefficient (Wildman–Crippen LogP) is -0.406. The lowest BCUT2D eigenvalue weighted by molar-refractivity contribution is -0.131. The third-order valence-corrected chi connectivity index (χ3v) is 3.09. The van der Waals surface area contributed by atoms with E-state index < -0.39 is 0 Å². The van der Waals surface area contributed by atoms with Gasteiger partial charge >= 0.3 is 0 Å². The molecule has 1 amide bonds. The van der Waals surface area contributed by atoms with E-state index in [1.54, 1.807) is 19.0 Å². The van der Waals surface area contributed by atoms with Gasteiger partial charge in [-0.25, -0.2) is 0 Å². The van der Waals surface area contributed by atoms with Crippen LogP contribution in [0.5, 0.6) is 0 Å². The zero-order valence-corrected chi connectivity index (χ0v) is 10.3. The van der Waals surface area contributed by atoms with Crippen LogP contribution in [0.4, 0.5) is 0 Å². The summed E-state index contributed by atoms with van der Waals surface area (Å²) in [6.45, 7) is 3.14. The molecule has 1 saturated heterocycles. The van der Waals surface area contributed by atoms with Crippen molar-refractivity contribution >= 4 is 5.91 Å². The highest BCUT2D eigenvalue weighted by atomic mass is 16.5. The maximum Gasteiger partial charge on any atom is 0.238 e. The molecule has 0 bridgehead atoms. The number of nitrogens with zero attached hydrogens (tertiary/aromatic N) is 1. The first kappa shape index (κ1) is 13.4. The average Bonchev–Trinajstić information content (AvgIpc) is 2.29. The van der Waals surface area contributed by atoms with E-state index in [4.69, 9.17) is 4.74 Å². The van der Waals surface area contributed by atoms with Crippen molar-refractivity contribution in [3.8, 4) is 0 Å². The fourth-order valence-electron chi connectivity index (χ4n) is 2.02. The van der Waals surface area contributed by atoms with Crippen LogP contribution in [0.15, 0.2) is 0 Å². The van der Waals surface area contributed by atoms with Gasteiger partial charge in [0, 0.05) is 32.8 Å². The van der Waals surface area contributed by atoms with Crippen molar-refractivity contribution in [2.24, 2.45) is 0 Å². The Hall–Kier alpha value is -0.650. The molecule has 1 fully saturated rings. The Morgan fingerprint density at radius 1 is 1.50 bits per heavy atom. The Morgan fingerprint density at radius 3 is 2.50 bits per heavy atom. The second kappa shape index (κ2) is 5.61. The molecule has 1 rings (SSSR count). The van der Waals surface area contributed by atoms with Crippen LogP contribution in [0, 0.1) is 0 Å². The molecule has 1 aliphatic rings. The van der Waals surface area contributed by atoms with Crippen LogP contribution in [-0.4, -0.2) is 61.4 Å². The highest BCUT2D eigenvalue weighted by molar-refractivity contribution is 5.81. The van der Waals surface area contributed by atoms with E-state index in [0.29, 0.717) is 13.2 Å². The van der Waals surface area contributed by atoms with Gasteiger partial charge in [0.2, 0.25) is 5.91 Å². The van der Waals surface area contributed by atoms with Crippen LogP contribution < -0.4 is 5.32 Å². The second-order valence-corrected chi connectivity index (χ2v) is 4.65. The summed E-state index contributed by atoms with van der Waals surface area (Å²) in [5.41, 5.74) is -0.358. The largest absolute Gasteiger partial charge is 0.394 e. The first-order chi connectivity index (χ1) is 7.51. The summed E-state index contributed by atoms with van der Waals surface area (Å²) < 4.78 is 5.27. The molecule has 0 saturated carbocycles. The molecule has 0 aromatic heterocycles. The summed E-state index contributed by atoms with van der Waals surface area (Å²) in [4.78, 5) is 13.3. The lowest BCUT2D eigenvalue weighted by Crippen LogP contribution is -2.58. The van der Waals surface area contributed by atoms with Crippen LogP contribution in [0.2, 0.25) is 0 Å². The van der Waals surface area contributed by atoms with E-state index in [0.717, 1.165) is 12.8 Å². The van der Waals surface area contributed by atoms with Gasteiger partial charge in [-0.1, -0.05) is 0 Å². The molecule has 0 aromatic carbocycles. The molecule has 0 spiro atoms. The van der Waals surface area contributed by atoms with Gasteiger partial charge in [0.1, 0.15) is 0 Å². The summed E-state index contributed by atoms with van der Waals surface area (Å²) in [6.07, 6.45) is 1.49. The normalized spacial score (nSPS) is 21.5. The lowest BCUT2D eigenvalue weighted by Gasteiger charge is -2.38. The van der Waals surface area contributed by atoms with E-state index in [1.165, 1.54) is 0 Å². The predicted molar refractivity (Wildman–Crippen MR) is 61.2 cm³/mol. The molecule has 0 aliphatic carbocycles. The average molecular weight is 230 g/mol. The minimum Gasteiger partial charge on any atom is -0.394 e. The van der Waals surface area contributed by atoms with Crippen molar-refractivity contribution in [1.29, 1.82) is 0 Å². The molecule has 0 aromatic rings. The fraction of sp³-hybridized carbons (Fsp3) is 0.909. The summed E-state index contributed by atoms with van der Waals surface area (Å²) in [5, 5.41) is 12.7. The minimum atomic E-state index is -0.358. The number of nitrogens with one attached hydrogen (secondary N) is 1. The first-order valence-electron chi connectivity index (χ1n) is 5.68. The Kier molecular flexibility index (Phi) is 4.70. The number of carbonyl (C=O) groups excluding carboxylic acids is 1. The van der Waals surface area contributed by atoms with Gasteiger partial charge in [-0.3, -0.25) is 10.1 Å². The van der Waals surface area contributed by atoms with Gasteiger partial charge in [0.15, 0.2) is 0 Å². The molecule has 1 atom stereocenters. The monoisotopic (exact) mass is 230 g/mol. The molecule has 1 aliphatic heterocycles. The molecule has 5 nitrogen and oxygen atoms in total. The van der Waals surface area contributed by atoms with Gasteiger partial charge in [0.05, 0.1) is 12.6 Å². The number of amides is 1. The highest BCUT2D eigenvalue weighted by Gasteiger charge is 2.34. The Balaban J connectivity index is 2.58. The quantitative estimate of drug-likeness (QED) is 0.689. The number of hydrogen-bond acceptors (Lipinski definition) is 4. The molecule has 94 valence electrons. The highest BCUT2D eigenvalue weighted by Crippen LogP contribution is 2.20. The van der Waals surface area contributed by atoms with Crippen LogP contribution in [0.25, 0.3) is 0 Å². The third kappa shape index (κ3) is 3.17. The smallest absolute Gasteiger partial charge is 0.238 e. The molecule has 5 heteroatoms. The maximum atomic E-state index is 11.7. The Labute approximate surface area is 96.8 Å². The van der Waals surface area contributed by atoms with Crippen molar-refractivity contribution in [3.05, 3.63) is 0 Å². The van der Waals surface area contributed by atoms with Crippen LogP contribution in [-0.2, 0) is 9.53 Å². The first-order valence-corrected chi connectivity index (χ1v) is 5.68. The summed E-state index contributed by atoms with van der Waals surface area (Å²) in [6, 6.07) is -0.278. The van der Waals surface area contributed by atoms with E-state index in [1.807, 2.05) is 6.92 Å². The van der Waals surface area contributed by atoms with E-state index in [9.17, 15) is 9.90 Å². The lowest BCUT2D eigenvalue weighted by atomic mass is 9.90. The fourth-order valence-corrected chi connectivity index (χ4v) is 2.02. The Bertz CT molecular complexity index is 237. The molecule has 2 N–H and O–H groups in total. The minimum absolute atomic E-state index is 0.0271. The molecule has 16 heavy (non-hydrogen) atoms. The van der Waals surface area contributed by atoms with Gasteiger partial charge < -0.3 is 14.7 Å². The topological polar surface area (TPSA) is 61.8 Å². The maximum absolute atomic E-state index is 11.7. The standard InChI is InChI=1S/C11H22N2O3/c1-9(10(15)13(2)3)12-11(8-14)4-6-16-7-5-11/h9,12,14H,4-8H2,1-3H3. The van der Waals surface area contributed by atoms with Crippen molar-refractivity contribution in [1.82, 2.24) is 10.2 Å². The summed E-state index contributed by atoms with van der Waals surface area (Å²) >= 11 is 0. The third-order valence-electron chi connectivity index (χ3n) is 3.09. The van der Waals surface area contributed by atoms with E-state index in [-0.39, 0.29) is 24.1 Å². The van der Waals surface area contributed by atoms with Gasteiger partial charge in [-0.15, -0.1) is 0 Å². The number of ether oxygens (including phenoxy) is 1. The molecule has 1 unspecified atom stereocenters. The van der Waals surface area contributed by atoms with Crippen molar-refractivity contribution < 1.29 is 14.6 Å². The number of hydrogen-bond donors (Lipinski definition) is 2. The van der Waals surface area contributed by atoms with E-state index >= 15 is 0 Å². The number of aliphatic hydroxyl groups is 1. The molecule has 0 radical (unpaired) electrons. The van der Waals surface area contributed by atoms with Gasteiger partial charge in [-0.05, 0) is 19.8 Å². The van der Waals surface area contributed by atoms with Gasteiger partial charge in [0.25, 0.3) is 0 Å². The number of aliphatic hydroxyl groups excluding tert-OH is 1. The summed E-state index contributed by atoms with van der Waals surface area (Å²) in [7, 11) is 3.46. The zero-order valence-electron chi connectivity index (χ0n) is 10.3. The zero-order chi connectivity index (χ0) is 12.2. The summed E-state index contributed by atoms with van der Waals surface area (Å²) in [5.74, 6) is 0.0271. The molecular formula is C11H22N2O3. The number of carbonyl (C=O) groups is 1. The number of likely N-dealkylation sites (N-methyl/N-ethyl adjacent to an activating group) is 1. The molecule has 1 heterocycles. The Morgan fingerprint density at radius 2 is 2.06 bits per heavy atom. The van der Waals surface area contributed by atoms with Crippen molar-refractivity contribution in [2.75, 3.05) is 33.9 Å². The van der Waals surface area contributed by atoms with Crippen LogP contribution >= 0.6 is 0 Å². The van der Waals surface area contributed by atoms with Gasteiger partial charge in [-0.2, -0.15) is 0 Å². The second-order valence-electron chi connectivity index (χ2n) is 4.65. The van der Waals surface area contributed by atoms with E-state index in [2.05, 4.69) is 5.32 Å². The van der Waals surface area contributed by atoms with Crippen LogP contribution in [0.1, 0.15) is 19.8 Å².